The number of rotatable bonds is 10. The lowest BCUT2D eigenvalue weighted by Gasteiger charge is -2.24. The molecule has 0 heterocycles. The molecule has 7 heteroatoms. The standard InChI is InChI=1S/C14H28N4O3/c1-9(2)12(14(21)17-10(3)8-19)18-13(20)11(16)6-4-5-7-15/h8-12H,4-7,15-16H2,1-3H3,(H,17,21)(H,18,20)/t10-,11-,12-/m0/s1. The second-order valence-electron chi connectivity index (χ2n) is 5.55. The minimum atomic E-state index is -0.708. The molecule has 0 unspecified atom stereocenters. The van der Waals surface area contributed by atoms with Gasteiger partial charge in [0.2, 0.25) is 11.8 Å². The lowest BCUT2D eigenvalue weighted by molar-refractivity contribution is -0.131. The summed E-state index contributed by atoms with van der Waals surface area (Å²) in [7, 11) is 0. The van der Waals surface area contributed by atoms with E-state index in [4.69, 9.17) is 11.5 Å². The molecule has 0 saturated heterocycles. The zero-order valence-corrected chi connectivity index (χ0v) is 13.1. The number of nitrogens with two attached hydrogens (primary N) is 2. The van der Waals surface area contributed by atoms with Crippen LogP contribution in [0, 0.1) is 5.92 Å². The molecule has 0 aliphatic heterocycles. The van der Waals surface area contributed by atoms with E-state index in [9.17, 15) is 14.4 Å². The first-order valence-corrected chi connectivity index (χ1v) is 7.35. The molecule has 0 aromatic rings. The van der Waals surface area contributed by atoms with Crippen molar-refractivity contribution < 1.29 is 14.4 Å². The van der Waals surface area contributed by atoms with Crippen LogP contribution in [0.4, 0.5) is 0 Å². The molecular weight excluding hydrogens is 272 g/mol. The van der Waals surface area contributed by atoms with E-state index in [0.29, 0.717) is 19.3 Å². The van der Waals surface area contributed by atoms with Gasteiger partial charge in [-0.1, -0.05) is 20.3 Å². The van der Waals surface area contributed by atoms with Gasteiger partial charge in [-0.2, -0.15) is 0 Å². The van der Waals surface area contributed by atoms with Gasteiger partial charge in [0.25, 0.3) is 0 Å². The molecule has 0 fully saturated rings. The van der Waals surface area contributed by atoms with Crippen LogP contribution in [0.1, 0.15) is 40.0 Å². The molecule has 0 aromatic heterocycles. The lowest BCUT2D eigenvalue weighted by atomic mass is 10.0. The van der Waals surface area contributed by atoms with Crippen molar-refractivity contribution in [1.29, 1.82) is 0 Å². The molecule has 0 spiro atoms. The number of carbonyl (C=O) groups excluding carboxylic acids is 3. The minimum Gasteiger partial charge on any atom is -0.345 e. The first-order chi connectivity index (χ1) is 9.83. The predicted octanol–water partition coefficient (Wildman–Crippen LogP) is -0.713. The third kappa shape index (κ3) is 7.77. The van der Waals surface area contributed by atoms with E-state index in [-0.39, 0.29) is 17.7 Å². The van der Waals surface area contributed by atoms with Crippen molar-refractivity contribution in [3.05, 3.63) is 0 Å². The van der Waals surface area contributed by atoms with Gasteiger partial charge < -0.3 is 26.9 Å². The number of hydrogen-bond acceptors (Lipinski definition) is 5. The summed E-state index contributed by atoms with van der Waals surface area (Å²) >= 11 is 0. The summed E-state index contributed by atoms with van der Waals surface area (Å²) in [5.41, 5.74) is 11.2. The van der Waals surface area contributed by atoms with Gasteiger partial charge in [-0.3, -0.25) is 9.59 Å². The van der Waals surface area contributed by atoms with Crippen LogP contribution >= 0.6 is 0 Å². The third-order valence-electron chi connectivity index (χ3n) is 3.13. The van der Waals surface area contributed by atoms with Crippen LogP contribution in [-0.4, -0.2) is 42.8 Å². The molecule has 2 amide bonds. The van der Waals surface area contributed by atoms with Crippen LogP contribution in [0.25, 0.3) is 0 Å². The zero-order valence-electron chi connectivity index (χ0n) is 13.1. The lowest BCUT2D eigenvalue weighted by Crippen LogP contribution is -2.55. The summed E-state index contributed by atoms with van der Waals surface area (Å²) in [5, 5.41) is 5.18. The van der Waals surface area contributed by atoms with Crippen LogP contribution in [0.5, 0.6) is 0 Å². The Kier molecular flexibility index (Phi) is 9.56. The normalized spacial score (nSPS) is 15.1. The Bertz CT molecular complexity index is 347. The Morgan fingerprint density at radius 2 is 1.71 bits per heavy atom. The van der Waals surface area contributed by atoms with Gasteiger partial charge in [0.05, 0.1) is 12.1 Å². The maximum Gasteiger partial charge on any atom is 0.243 e. The van der Waals surface area contributed by atoms with Crippen molar-refractivity contribution in [3.8, 4) is 0 Å². The Morgan fingerprint density at radius 3 is 2.19 bits per heavy atom. The summed E-state index contributed by atoms with van der Waals surface area (Å²) in [4.78, 5) is 34.6. The average molecular weight is 300 g/mol. The highest BCUT2D eigenvalue weighted by Crippen LogP contribution is 2.04. The van der Waals surface area contributed by atoms with Crippen LogP contribution in [0.15, 0.2) is 0 Å². The van der Waals surface area contributed by atoms with Crippen molar-refractivity contribution in [2.45, 2.75) is 58.2 Å². The van der Waals surface area contributed by atoms with E-state index < -0.39 is 18.1 Å². The predicted molar refractivity (Wildman–Crippen MR) is 81.3 cm³/mol. The molecule has 3 atom stereocenters. The molecule has 21 heavy (non-hydrogen) atoms. The first-order valence-electron chi connectivity index (χ1n) is 7.35. The maximum absolute atomic E-state index is 12.0. The quantitative estimate of drug-likeness (QED) is 0.313. The monoisotopic (exact) mass is 300 g/mol. The largest absolute Gasteiger partial charge is 0.345 e. The van der Waals surface area contributed by atoms with Gasteiger partial charge in [-0.15, -0.1) is 0 Å². The second-order valence-corrected chi connectivity index (χ2v) is 5.55. The topological polar surface area (TPSA) is 127 Å². The SMILES string of the molecule is CC(C)[C@H](NC(=O)[C@@H](N)CCCCN)C(=O)N[C@@H](C)C=O. The molecule has 0 aliphatic rings. The fourth-order valence-corrected chi connectivity index (χ4v) is 1.78. The summed E-state index contributed by atoms with van der Waals surface area (Å²) < 4.78 is 0. The molecule has 7 nitrogen and oxygen atoms in total. The summed E-state index contributed by atoms with van der Waals surface area (Å²) in [5.74, 6) is -0.851. The van der Waals surface area contributed by atoms with E-state index in [1.807, 2.05) is 13.8 Å². The molecule has 0 radical (unpaired) electrons. The molecule has 0 bridgehead atoms. The van der Waals surface area contributed by atoms with E-state index in [1.165, 1.54) is 0 Å². The Balaban J connectivity index is 4.51. The van der Waals surface area contributed by atoms with Crippen molar-refractivity contribution in [2.75, 3.05) is 6.54 Å². The Labute approximate surface area is 126 Å². The first kappa shape index (κ1) is 19.5. The second kappa shape index (κ2) is 10.3. The molecule has 0 saturated carbocycles. The van der Waals surface area contributed by atoms with Gasteiger partial charge in [0.1, 0.15) is 12.3 Å². The summed E-state index contributed by atoms with van der Waals surface area (Å²) in [6.45, 7) is 5.77. The fourth-order valence-electron chi connectivity index (χ4n) is 1.78. The number of carbonyl (C=O) groups is 3. The van der Waals surface area contributed by atoms with Crippen molar-refractivity contribution in [3.63, 3.8) is 0 Å². The number of unbranched alkanes of at least 4 members (excludes halogenated alkanes) is 1. The van der Waals surface area contributed by atoms with Crippen molar-refractivity contribution in [1.82, 2.24) is 10.6 Å². The van der Waals surface area contributed by atoms with Gasteiger partial charge in [-0.25, -0.2) is 0 Å². The highest BCUT2D eigenvalue weighted by atomic mass is 16.2. The van der Waals surface area contributed by atoms with Crippen LogP contribution < -0.4 is 22.1 Å². The number of hydrogen-bond donors (Lipinski definition) is 4. The Hall–Kier alpha value is -1.47. The number of aldehydes is 1. The molecule has 0 aliphatic carbocycles. The highest BCUT2D eigenvalue weighted by Gasteiger charge is 2.26. The maximum atomic E-state index is 12.0. The van der Waals surface area contributed by atoms with Crippen molar-refractivity contribution in [2.24, 2.45) is 17.4 Å². The third-order valence-corrected chi connectivity index (χ3v) is 3.13. The van der Waals surface area contributed by atoms with Gasteiger partial charge in [0.15, 0.2) is 0 Å². The highest BCUT2D eigenvalue weighted by molar-refractivity contribution is 5.90. The Morgan fingerprint density at radius 1 is 1.10 bits per heavy atom. The molecule has 6 N–H and O–H groups in total. The number of nitrogens with one attached hydrogen (secondary N) is 2. The van der Waals surface area contributed by atoms with Gasteiger partial charge >= 0.3 is 0 Å². The smallest absolute Gasteiger partial charge is 0.243 e. The number of amides is 2. The zero-order chi connectivity index (χ0) is 16.4. The van der Waals surface area contributed by atoms with E-state index in [1.54, 1.807) is 6.92 Å². The van der Waals surface area contributed by atoms with E-state index in [2.05, 4.69) is 10.6 Å². The molecular formula is C14H28N4O3. The van der Waals surface area contributed by atoms with Crippen LogP contribution in [-0.2, 0) is 14.4 Å². The van der Waals surface area contributed by atoms with Crippen LogP contribution in [0.2, 0.25) is 0 Å². The minimum absolute atomic E-state index is 0.107. The van der Waals surface area contributed by atoms with E-state index in [0.717, 1.165) is 12.8 Å². The summed E-state index contributed by atoms with van der Waals surface area (Å²) in [6.07, 6.45) is 2.74. The van der Waals surface area contributed by atoms with Crippen molar-refractivity contribution >= 4 is 18.1 Å². The molecule has 0 aromatic carbocycles. The summed E-state index contributed by atoms with van der Waals surface area (Å²) in [6, 6.07) is -1.96. The van der Waals surface area contributed by atoms with E-state index >= 15 is 0 Å². The van der Waals surface area contributed by atoms with Gasteiger partial charge in [-0.05, 0) is 32.2 Å². The van der Waals surface area contributed by atoms with Crippen LogP contribution in [0.3, 0.4) is 0 Å². The molecule has 0 rings (SSSR count). The fraction of sp³-hybridized carbons (Fsp3) is 0.786. The molecule has 122 valence electrons. The van der Waals surface area contributed by atoms with Gasteiger partial charge in [0, 0.05) is 0 Å². The average Bonchev–Trinajstić information content (AvgIpc) is 2.43.